The summed E-state index contributed by atoms with van der Waals surface area (Å²) in [4.78, 5) is 0. The van der Waals surface area contributed by atoms with Gasteiger partial charge < -0.3 is 14.8 Å². The van der Waals surface area contributed by atoms with Gasteiger partial charge in [0.2, 0.25) is 0 Å². The van der Waals surface area contributed by atoms with E-state index in [0.29, 0.717) is 6.61 Å². The largest absolute Gasteiger partial charge is 0.348 e. The van der Waals surface area contributed by atoms with E-state index in [0.717, 1.165) is 25.9 Å². The lowest BCUT2D eigenvalue weighted by Gasteiger charge is -2.22. The Kier molecular flexibility index (Phi) is 3.14. The van der Waals surface area contributed by atoms with Crippen molar-refractivity contribution < 1.29 is 9.47 Å². The van der Waals surface area contributed by atoms with Crippen molar-refractivity contribution in [3.63, 3.8) is 0 Å². The van der Waals surface area contributed by atoms with Crippen LogP contribution in [0.2, 0.25) is 0 Å². The first-order chi connectivity index (χ1) is 8.64. The molecule has 18 heavy (non-hydrogen) atoms. The molecular weight excluding hydrogens is 226 g/mol. The molecule has 1 fully saturated rings. The second kappa shape index (κ2) is 4.65. The normalized spacial score (nSPS) is 26.0. The smallest absolute Gasteiger partial charge is 0.163 e. The average Bonchev–Trinajstić information content (AvgIpc) is 2.69. The van der Waals surface area contributed by atoms with Crippen LogP contribution in [0.5, 0.6) is 0 Å². The fourth-order valence-electron chi connectivity index (χ4n) is 2.91. The molecule has 2 aliphatic rings. The van der Waals surface area contributed by atoms with Gasteiger partial charge in [-0.25, -0.2) is 0 Å². The van der Waals surface area contributed by atoms with Gasteiger partial charge in [-0.3, -0.25) is 0 Å². The highest BCUT2D eigenvalue weighted by atomic mass is 16.7. The Morgan fingerprint density at radius 2 is 2.28 bits per heavy atom. The standard InChI is InChI=1S/C15H21NO2/c1-15(2)17-10-13(18-15)8-11-4-3-5-12-9-16-7-6-14(11)12/h3-5,13,16H,6-10H2,1-2H3/t13-/m0/s1. The molecule has 98 valence electrons. The number of nitrogens with one attached hydrogen (secondary N) is 1. The third-order valence-corrected chi connectivity index (χ3v) is 3.75. The maximum Gasteiger partial charge on any atom is 0.163 e. The van der Waals surface area contributed by atoms with E-state index < -0.39 is 5.79 Å². The molecule has 3 heteroatoms. The van der Waals surface area contributed by atoms with Gasteiger partial charge in [-0.05, 0) is 43.5 Å². The molecule has 0 amide bonds. The molecule has 2 aliphatic heterocycles. The van der Waals surface area contributed by atoms with Crippen molar-refractivity contribution in [3.05, 3.63) is 34.9 Å². The Morgan fingerprint density at radius 1 is 1.39 bits per heavy atom. The Labute approximate surface area is 108 Å². The summed E-state index contributed by atoms with van der Waals surface area (Å²) in [5.74, 6) is -0.416. The van der Waals surface area contributed by atoms with Crippen LogP contribution in [0.1, 0.15) is 30.5 Å². The van der Waals surface area contributed by atoms with E-state index in [2.05, 4.69) is 23.5 Å². The summed E-state index contributed by atoms with van der Waals surface area (Å²) in [5.41, 5.74) is 4.39. The first-order valence-corrected chi connectivity index (χ1v) is 6.76. The van der Waals surface area contributed by atoms with Crippen molar-refractivity contribution in [1.29, 1.82) is 0 Å². The van der Waals surface area contributed by atoms with Gasteiger partial charge in [0, 0.05) is 13.0 Å². The molecule has 1 aromatic rings. The number of hydrogen-bond donors (Lipinski definition) is 1. The van der Waals surface area contributed by atoms with E-state index in [-0.39, 0.29) is 6.10 Å². The zero-order chi connectivity index (χ0) is 12.6. The number of benzene rings is 1. The third-order valence-electron chi connectivity index (χ3n) is 3.75. The van der Waals surface area contributed by atoms with Crippen LogP contribution in [0.4, 0.5) is 0 Å². The monoisotopic (exact) mass is 247 g/mol. The molecule has 0 bridgehead atoms. The minimum Gasteiger partial charge on any atom is -0.348 e. The summed E-state index contributed by atoms with van der Waals surface area (Å²) >= 11 is 0. The zero-order valence-corrected chi connectivity index (χ0v) is 11.2. The minimum absolute atomic E-state index is 0.196. The van der Waals surface area contributed by atoms with Gasteiger partial charge >= 0.3 is 0 Å². The fraction of sp³-hybridized carbons (Fsp3) is 0.600. The molecule has 1 N–H and O–H groups in total. The topological polar surface area (TPSA) is 30.5 Å². The predicted octanol–water partition coefficient (Wildman–Crippen LogP) is 2.03. The Bertz CT molecular complexity index is 442. The lowest BCUT2D eigenvalue weighted by atomic mass is 9.92. The van der Waals surface area contributed by atoms with Crippen LogP contribution in [-0.4, -0.2) is 25.0 Å². The van der Waals surface area contributed by atoms with Gasteiger partial charge in [0.25, 0.3) is 0 Å². The fourth-order valence-corrected chi connectivity index (χ4v) is 2.91. The van der Waals surface area contributed by atoms with Crippen molar-refractivity contribution in [2.24, 2.45) is 0 Å². The summed E-state index contributed by atoms with van der Waals surface area (Å²) in [6.45, 7) is 6.75. The maximum atomic E-state index is 5.91. The van der Waals surface area contributed by atoms with Crippen molar-refractivity contribution in [2.45, 2.75) is 45.1 Å². The number of rotatable bonds is 2. The lowest BCUT2D eigenvalue weighted by molar-refractivity contribution is -0.138. The van der Waals surface area contributed by atoms with Crippen LogP contribution >= 0.6 is 0 Å². The van der Waals surface area contributed by atoms with E-state index >= 15 is 0 Å². The van der Waals surface area contributed by atoms with E-state index in [1.165, 1.54) is 16.7 Å². The van der Waals surface area contributed by atoms with Crippen LogP contribution in [0.25, 0.3) is 0 Å². The van der Waals surface area contributed by atoms with Crippen molar-refractivity contribution in [3.8, 4) is 0 Å². The summed E-state index contributed by atoms with van der Waals surface area (Å²) < 4.78 is 11.5. The van der Waals surface area contributed by atoms with Crippen LogP contribution in [-0.2, 0) is 28.9 Å². The van der Waals surface area contributed by atoms with Crippen LogP contribution < -0.4 is 5.32 Å². The molecule has 3 nitrogen and oxygen atoms in total. The predicted molar refractivity (Wildman–Crippen MR) is 70.5 cm³/mol. The Balaban J connectivity index is 1.77. The second-order valence-corrected chi connectivity index (χ2v) is 5.64. The lowest BCUT2D eigenvalue weighted by Crippen LogP contribution is -2.26. The van der Waals surface area contributed by atoms with E-state index in [1.807, 2.05) is 13.8 Å². The molecule has 0 radical (unpaired) electrons. The van der Waals surface area contributed by atoms with Crippen molar-refractivity contribution in [1.82, 2.24) is 5.32 Å². The summed E-state index contributed by atoms with van der Waals surface area (Å²) in [6.07, 6.45) is 2.29. The first kappa shape index (κ1) is 12.2. The van der Waals surface area contributed by atoms with E-state index in [9.17, 15) is 0 Å². The molecule has 1 saturated heterocycles. The highest BCUT2D eigenvalue weighted by Gasteiger charge is 2.33. The average molecular weight is 247 g/mol. The van der Waals surface area contributed by atoms with E-state index in [1.54, 1.807) is 0 Å². The molecule has 1 atom stereocenters. The van der Waals surface area contributed by atoms with Crippen LogP contribution in [0, 0.1) is 0 Å². The summed E-state index contributed by atoms with van der Waals surface area (Å²) in [5, 5.41) is 3.42. The molecule has 0 aliphatic carbocycles. The van der Waals surface area contributed by atoms with Crippen LogP contribution in [0.3, 0.4) is 0 Å². The first-order valence-electron chi connectivity index (χ1n) is 6.76. The van der Waals surface area contributed by atoms with Gasteiger partial charge in [0.05, 0.1) is 12.7 Å². The highest BCUT2D eigenvalue weighted by molar-refractivity contribution is 5.37. The molecule has 0 spiro atoms. The molecule has 3 rings (SSSR count). The Hall–Kier alpha value is -0.900. The molecule has 0 aromatic heterocycles. The maximum absolute atomic E-state index is 5.91. The number of hydrogen-bond acceptors (Lipinski definition) is 3. The Morgan fingerprint density at radius 3 is 3.06 bits per heavy atom. The van der Waals surface area contributed by atoms with Crippen molar-refractivity contribution in [2.75, 3.05) is 13.2 Å². The number of fused-ring (bicyclic) bond motifs is 1. The van der Waals surface area contributed by atoms with Gasteiger partial charge in [-0.15, -0.1) is 0 Å². The molecular formula is C15H21NO2. The highest BCUT2D eigenvalue weighted by Crippen LogP contribution is 2.27. The molecule has 0 saturated carbocycles. The van der Waals surface area contributed by atoms with E-state index in [4.69, 9.17) is 9.47 Å². The van der Waals surface area contributed by atoms with Gasteiger partial charge in [-0.1, -0.05) is 18.2 Å². The number of ether oxygens (including phenoxy) is 2. The molecule has 1 aromatic carbocycles. The van der Waals surface area contributed by atoms with Gasteiger partial charge in [-0.2, -0.15) is 0 Å². The van der Waals surface area contributed by atoms with Crippen molar-refractivity contribution >= 4 is 0 Å². The minimum atomic E-state index is -0.416. The quantitative estimate of drug-likeness (QED) is 0.867. The SMILES string of the molecule is CC1(C)OC[C@H](Cc2cccc3c2CCNC3)O1. The van der Waals surface area contributed by atoms with Crippen LogP contribution in [0.15, 0.2) is 18.2 Å². The summed E-state index contributed by atoms with van der Waals surface area (Å²) in [7, 11) is 0. The van der Waals surface area contributed by atoms with Gasteiger partial charge in [0.15, 0.2) is 5.79 Å². The van der Waals surface area contributed by atoms with Gasteiger partial charge in [0.1, 0.15) is 0 Å². The third kappa shape index (κ3) is 2.44. The second-order valence-electron chi connectivity index (χ2n) is 5.64. The summed E-state index contributed by atoms with van der Waals surface area (Å²) in [6, 6.07) is 6.61. The molecule has 0 unspecified atom stereocenters. The molecule has 2 heterocycles. The zero-order valence-electron chi connectivity index (χ0n) is 11.2.